The van der Waals surface area contributed by atoms with Crippen LogP contribution in [0.3, 0.4) is 0 Å². The van der Waals surface area contributed by atoms with Crippen molar-refractivity contribution >= 4 is 11.8 Å². The molecule has 1 N–H and O–H groups in total. The van der Waals surface area contributed by atoms with Gasteiger partial charge in [-0.1, -0.05) is 0 Å². The molecular weight excluding hydrogens is 232 g/mol. The zero-order valence-electron chi connectivity index (χ0n) is 10.1. The Morgan fingerprint density at radius 1 is 1.44 bits per heavy atom. The van der Waals surface area contributed by atoms with Crippen molar-refractivity contribution in [1.29, 1.82) is 5.26 Å². The van der Waals surface area contributed by atoms with Crippen molar-refractivity contribution in [3.63, 3.8) is 0 Å². The molecule has 1 aromatic rings. The average molecular weight is 246 g/mol. The number of carbonyl (C=O) groups excluding carboxylic acids is 2. The number of aromatic nitrogens is 1. The van der Waals surface area contributed by atoms with Gasteiger partial charge in [0.25, 0.3) is 0 Å². The third-order valence-corrected chi connectivity index (χ3v) is 2.35. The topological polar surface area (TPSA) is 86.1 Å². The minimum atomic E-state index is -0.756. The van der Waals surface area contributed by atoms with Crippen LogP contribution in [0.1, 0.15) is 5.56 Å². The van der Waals surface area contributed by atoms with Gasteiger partial charge in [0.15, 0.2) is 0 Å². The zero-order valence-corrected chi connectivity index (χ0v) is 10.1. The highest BCUT2D eigenvalue weighted by Crippen LogP contribution is 1.99. The van der Waals surface area contributed by atoms with Crippen LogP contribution in [0.25, 0.3) is 0 Å². The second-order valence-corrected chi connectivity index (χ2v) is 3.67. The average Bonchev–Trinajstić information content (AvgIpc) is 2.42. The Labute approximate surface area is 105 Å². The fourth-order valence-corrected chi connectivity index (χ4v) is 1.32. The van der Waals surface area contributed by atoms with Gasteiger partial charge in [-0.15, -0.1) is 0 Å². The van der Waals surface area contributed by atoms with Gasteiger partial charge in [0.05, 0.1) is 6.07 Å². The van der Waals surface area contributed by atoms with E-state index in [1.807, 2.05) is 12.1 Å². The van der Waals surface area contributed by atoms with Gasteiger partial charge in [0, 0.05) is 26.0 Å². The van der Waals surface area contributed by atoms with Crippen LogP contribution in [0.4, 0.5) is 0 Å². The third kappa shape index (κ3) is 4.22. The summed E-state index contributed by atoms with van der Waals surface area (Å²) in [7, 11) is 1.55. The minimum Gasteiger partial charge on any atom is -0.337 e. The molecule has 0 radical (unpaired) electrons. The summed E-state index contributed by atoms with van der Waals surface area (Å²) in [5.74, 6) is -1.40. The predicted molar refractivity (Wildman–Crippen MR) is 64.2 cm³/mol. The molecule has 0 unspecified atom stereocenters. The quantitative estimate of drug-likeness (QED) is 0.585. The first-order valence-electron chi connectivity index (χ1n) is 5.44. The monoisotopic (exact) mass is 246 g/mol. The molecule has 1 rings (SSSR count). The van der Waals surface area contributed by atoms with Crippen molar-refractivity contribution < 1.29 is 9.59 Å². The molecule has 2 amide bonds. The second-order valence-electron chi connectivity index (χ2n) is 3.67. The summed E-state index contributed by atoms with van der Waals surface area (Å²) >= 11 is 0. The second kappa shape index (κ2) is 7.01. The van der Waals surface area contributed by atoms with Crippen molar-refractivity contribution in [2.45, 2.75) is 6.42 Å². The van der Waals surface area contributed by atoms with E-state index in [4.69, 9.17) is 5.26 Å². The first kappa shape index (κ1) is 13.6. The molecule has 1 heterocycles. The number of nitrogens with zero attached hydrogens (tertiary/aromatic N) is 3. The molecule has 0 saturated heterocycles. The van der Waals surface area contributed by atoms with Gasteiger partial charge in [0.2, 0.25) is 0 Å². The van der Waals surface area contributed by atoms with Crippen molar-refractivity contribution in [3.8, 4) is 6.07 Å². The summed E-state index contributed by atoms with van der Waals surface area (Å²) in [6.07, 6.45) is 4.00. The molecule has 0 atom stereocenters. The van der Waals surface area contributed by atoms with Gasteiger partial charge in [0.1, 0.15) is 6.54 Å². The maximum atomic E-state index is 11.6. The number of carbonyl (C=O) groups is 2. The summed E-state index contributed by atoms with van der Waals surface area (Å²) < 4.78 is 0. The molecule has 6 heteroatoms. The number of rotatable bonds is 4. The molecule has 0 bridgehead atoms. The van der Waals surface area contributed by atoms with Crippen LogP contribution < -0.4 is 5.32 Å². The van der Waals surface area contributed by atoms with Crippen LogP contribution >= 0.6 is 0 Å². The number of amides is 2. The maximum absolute atomic E-state index is 11.6. The normalized spacial score (nSPS) is 9.33. The SMILES string of the molecule is CN(CCc1ccncc1)C(=O)C(=O)NCC#N. The van der Waals surface area contributed by atoms with E-state index in [9.17, 15) is 9.59 Å². The van der Waals surface area contributed by atoms with E-state index < -0.39 is 11.8 Å². The van der Waals surface area contributed by atoms with E-state index in [2.05, 4.69) is 10.3 Å². The van der Waals surface area contributed by atoms with Crippen molar-refractivity contribution in [3.05, 3.63) is 30.1 Å². The summed E-state index contributed by atoms with van der Waals surface area (Å²) in [4.78, 5) is 28.1. The Hall–Kier alpha value is -2.42. The smallest absolute Gasteiger partial charge is 0.311 e. The highest BCUT2D eigenvalue weighted by molar-refractivity contribution is 6.34. The Morgan fingerprint density at radius 2 is 2.11 bits per heavy atom. The molecule has 6 nitrogen and oxygen atoms in total. The number of hydrogen-bond donors (Lipinski definition) is 1. The van der Waals surface area contributed by atoms with Crippen LogP contribution in [-0.2, 0) is 16.0 Å². The van der Waals surface area contributed by atoms with Gasteiger partial charge in [-0.25, -0.2) is 0 Å². The predicted octanol–water partition coefficient (Wildman–Crippen LogP) is -0.278. The lowest BCUT2D eigenvalue weighted by molar-refractivity contribution is -0.144. The Morgan fingerprint density at radius 3 is 2.72 bits per heavy atom. The van der Waals surface area contributed by atoms with Crippen LogP contribution in [-0.4, -0.2) is 41.8 Å². The van der Waals surface area contributed by atoms with Crippen molar-refractivity contribution in [2.24, 2.45) is 0 Å². The molecule has 18 heavy (non-hydrogen) atoms. The van der Waals surface area contributed by atoms with Crippen LogP contribution in [0.2, 0.25) is 0 Å². The molecule has 0 aromatic carbocycles. The fraction of sp³-hybridized carbons (Fsp3) is 0.333. The van der Waals surface area contributed by atoms with E-state index in [-0.39, 0.29) is 6.54 Å². The number of likely N-dealkylation sites (N-methyl/N-ethyl adjacent to an activating group) is 1. The third-order valence-electron chi connectivity index (χ3n) is 2.35. The Kier molecular flexibility index (Phi) is 5.32. The van der Waals surface area contributed by atoms with Crippen LogP contribution in [0.5, 0.6) is 0 Å². The Bertz CT molecular complexity index is 453. The number of hydrogen-bond acceptors (Lipinski definition) is 4. The molecule has 0 aliphatic heterocycles. The standard InChI is InChI=1S/C12H14N4O2/c1-16(12(18)11(17)15-8-5-13)9-4-10-2-6-14-7-3-10/h2-3,6-7H,4,8-9H2,1H3,(H,15,17). The van der Waals surface area contributed by atoms with Gasteiger partial charge in [-0.3, -0.25) is 14.6 Å². The maximum Gasteiger partial charge on any atom is 0.311 e. The van der Waals surface area contributed by atoms with E-state index in [0.29, 0.717) is 13.0 Å². The lowest BCUT2D eigenvalue weighted by Gasteiger charge is -2.15. The van der Waals surface area contributed by atoms with E-state index in [0.717, 1.165) is 5.56 Å². The van der Waals surface area contributed by atoms with Gasteiger partial charge >= 0.3 is 11.8 Å². The Balaban J connectivity index is 2.41. The summed E-state index contributed by atoms with van der Waals surface area (Å²) in [6, 6.07) is 5.45. The van der Waals surface area contributed by atoms with Gasteiger partial charge in [-0.2, -0.15) is 5.26 Å². The number of nitriles is 1. The molecular formula is C12H14N4O2. The molecule has 1 aromatic heterocycles. The molecule has 0 saturated carbocycles. The summed E-state index contributed by atoms with van der Waals surface area (Å²) in [5, 5.41) is 10.5. The molecule has 94 valence electrons. The van der Waals surface area contributed by atoms with E-state index in [1.54, 1.807) is 25.5 Å². The van der Waals surface area contributed by atoms with E-state index in [1.165, 1.54) is 4.90 Å². The fourth-order valence-electron chi connectivity index (χ4n) is 1.32. The number of nitrogens with one attached hydrogen (secondary N) is 1. The molecule has 0 aliphatic rings. The molecule has 0 spiro atoms. The molecule has 0 aliphatic carbocycles. The van der Waals surface area contributed by atoms with Crippen LogP contribution in [0, 0.1) is 11.3 Å². The summed E-state index contributed by atoms with van der Waals surface area (Å²) in [6.45, 7) is 0.269. The first-order valence-corrected chi connectivity index (χ1v) is 5.44. The highest BCUT2D eigenvalue weighted by atomic mass is 16.2. The number of pyridine rings is 1. The van der Waals surface area contributed by atoms with Gasteiger partial charge in [-0.05, 0) is 24.1 Å². The largest absolute Gasteiger partial charge is 0.337 e. The zero-order chi connectivity index (χ0) is 13.4. The summed E-state index contributed by atoms with van der Waals surface area (Å²) in [5.41, 5.74) is 1.04. The minimum absolute atomic E-state index is 0.164. The van der Waals surface area contributed by atoms with E-state index >= 15 is 0 Å². The van der Waals surface area contributed by atoms with Crippen molar-refractivity contribution in [1.82, 2.24) is 15.2 Å². The molecule has 0 fully saturated rings. The van der Waals surface area contributed by atoms with Crippen LogP contribution in [0.15, 0.2) is 24.5 Å². The lowest BCUT2D eigenvalue weighted by Crippen LogP contribution is -2.41. The lowest BCUT2D eigenvalue weighted by atomic mass is 10.2. The van der Waals surface area contributed by atoms with Crippen molar-refractivity contribution in [2.75, 3.05) is 20.1 Å². The van der Waals surface area contributed by atoms with Gasteiger partial charge < -0.3 is 10.2 Å². The first-order chi connectivity index (χ1) is 8.65. The highest BCUT2D eigenvalue weighted by Gasteiger charge is 2.17.